The molecule has 2 rings (SSSR count). The first kappa shape index (κ1) is 14.3. The number of hydrogen-bond acceptors (Lipinski definition) is 3. The Kier molecular flexibility index (Phi) is 5.20. The number of nitrogens with one attached hydrogen (secondary N) is 1. The highest BCUT2D eigenvalue weighted by molar-refractivity contribution is 5.29. The summed E-state index contributed by atoms with van der Waals surface area (Å²) in [6.45, 7) is 7.41. The van der Waals surface area contributed by atoms with Crippen molar-refractivity contribution in [2.45, 2.75) is 65.0 Å². The summed E-state index contributed by atoms with van der Waals surface area (Å²) in [7, 11) is 0. The lowest BCUT2D eigenvalue weighted by Gasteiger charge is -2.17. The summed E-state index contributed by atoms with van der Waals surface area (Å²) in [6, 6.07) is 4.89. The second-order valence-corrected chi connectivity index (χ2v) is 5.55. The molecular weight excluding hydrogens is 236 g/mol. The smallest absolute Gasteiger partial charge is 0.141 e. The van der Waals surface area contributed by atoms with Crippen LogP contribution in [0.2, 0.25) is 0 Å². The van der Waals surface area contributed by atoms with E-state index in [-0.39, 0.29) is 6.10 Å². The second kappa shape index (κ2) is 6.90. The van der Waals surface area contributed by atoms with Crippen molar-refractivity contribution in [1.29, 1.82) is 0 Å². The maximum absolute atomic E-state index is 6.02. The molecule has 1 atom stereocenters. The Morgan fingerprint density at radius 2 is 2.21 bits per heavy atom. The van der Waals surface area contributed by atoms with E-state index in [2.05, 4.69) is 30.2 Å². The Labute approximate surface area is 116 Å². The van der Waals surface area contributed by atoms with Crippen LogP contribution in [-0.4, -0.2) is 23.7 Å². The third-order valence-electron chi connectivity index (χ3n) is 3.53. The zero-order valence-electron chi connectivity index (χ0n) is 12.4. The maximum atomic E-state index is 6.02. The van der Waals surface area contributed by atoms with Crippen molar-refractivity contribution < 1.29 is 4.74 Å². The molecule has 1 aromatic heterocycles. The summed E-state index contributed by atoms with van der Waals surface area (Å²) >= 11 is 0. The van der Waals surface area contributed by atoms with Crippen LogP contribution in [-0.2, 0) is 6.42 Å². The van der Waals surface area contributed by atoms with Crippen molar-refractivity contribution in [3.8, 4) is 5.75 Å². The number of hydrogen-bond donors (Lipinski definition) is 1. The largest absolute Gasteiger partial charge is 0.489 e. The molecule has 1 aliphatic rings. The van der Waals surface area contributed by atoms with Crippen LogP contribution in [0.4, 0.5) is 0 Å². The van der Waals surface area contributed by atoms with Crippen molar-refractivity contribution >= 4 is 0 Å². The van der Waals surface area contributed by atoms with E-state index >= 15 is 0 Å². The molecule has 1 heterocycles. The fourth-order valence-corrected chi connectivity index (χ4v) is 2.22. The minimum absolute atomic E-state index is 0.260. The van der Waals surface area contributed by atoms with E-state index in [9.17, 15) is 0 Å². The Bertz CT molecular complexity index is 402. The van der Waals surface area contributed by atoms with E-state index in [1.54, 1.807) is 0 Å². The molecular formula is C16H26N2O. The van der Waals surface area contributed by atoms with Crippen LogP contribution in [0.25, 0.3) is 0 Å². The van der Waals surface area contributed by atoms with Gasteiger partial charge in [0.25, 0.3) is 0 Å². The fraction of sp³-hybridized carbons (Fsp3) is 0.688. The molecule has 0 aliphatic heterocycles. The van der Waals surface area contributed by atoms with E-state index in [0.717, 1.165) is 42.6 Å². The second-order valence-electron chi connectivity index (χ2n) is 5.55. The number of nitrogens with zero attached hydrogens (tertiary/aromatic N) is 1. The summed E-state index contributed by atoms with van der Waals surface area (Å²) < 4.78 is 6.02. The van der Waals surface area contributed by atoms with E-state index in [0.29, 0.717) is 0 Å². The van der Waals surface area contributed by atoms with Crippen molar-refractivity contribution in [3.05, 3.63) is 23.5 Å². The fourth-order valence-electron chi connectivity index (χ4n) is 2.22. The summed E-state index contributed by atoms with van der Waals surface area (Å²) in [5.74, 6) is 0.954. The molecule has 3 nitrogen and oxygen atoms in total. The lowest BCUT2D eigenvalue weighted by atomic mass is 10.2. The SMILES string of the molecule is CCc1nc(C)ccc1OC(C)CCCNC1CC1. The number of pyridine rings is 1. The van der Waals surface area contributed by atoms with Crippen LogP contribution in [0.1, 0.15) is 50.9 Å². The summed E-state index contributed by atoms with van der Waals surface area (Å²) in [5.41, 5.74) is 2.13. The highest BCUT2D eigenvalue weighted by Gasteiger charge is 2.19. The van der Waals surface area contributed by atoms with Crippen LogP contribution in [0.5, 0.6) is 5.75 Å². The van der Waals surface area contributed by atoms with Crippen LogP contribution in [0, 0.1) is 6.92 Å². The Balaban J connectivity index is 1.75. The van der Waals surface area contributed by atoms with Gasteiger partial charge in [0, 0.05) is 11.7 Å². The molecule has 19 heavy (non-hydrogen) atoms. The van der Waals surface area contributed by atoms with Crippen LogP contribution in [0.15, 0.2) is 12.1 Å². The summed E-state index contributed by atoms with van der Waals surface area (Å²) in [6.07, 6.45) is 6.18. The van der Waals surface area contributed by atoms with Crippen LogP contribution >= 0.6 is 0 Å². The van der Waals surface area contributed by atoms with E-state index in [1.165, 1.54) is 19.3 Å². The lowest BCUT2D eigenvalue weighted by Crippen LogP contribution is -2.20. The van der Waals surface area contributed by atoms with E-state index < -0.39 is 0 Å². The Morgan fingerprint density at radius 3 is 2.89 bits per heavy atom. The molecule has 1 aromatic rings. The molecule has 0 radical (unpaired) electrons. The summed E-state index contributed by atoms with van der Waals surface area (Å²) in [4.78, 5) is 4.54. The maximum Gasteiger partial charge on any atom is 0.141 e. The third kappa shape index (κ3) is 4.83. The third-order valence-corrected chi connectivity index (χ3v) is 3.53. The van der Waals surface area contributed by atoms with Gasteiger partial charge in [0.15, 0.2) is 0 Å². The first-order chi connectivity index (χ1) is 9.19. The molecule has 1 fully saturated rings. The van der Waals surface area contributed by atoms with Crippen molar-refractivity contribution in [2.24, 2.45) is 0 Å². The molecule has 0 amide bonds. The number of rotatable bonds is 8. The van der Waals surface area contributed by atoms with Gasteiger partial charge in [-0.1, -0.05) is 6.92 Å². The van der Waals surface area contributed by atoms with Gasteiger partial charge in [0.05, 0.1) is 11.8 Å². The van der Waals surface area contributed by atoms with Gasteiger partial charge in [0.1, 0.15) is 5.75 Å². The molecule has 0 aromatic carbocycles. The molecule has 0 spiro atoms. The number of aromatic nitrogens is 1. The molecule has 1 saturated carbocycles. The first-order valence-electron chi connectivity index (χ1n) is 7.55. The van der Waals surface area contributed by atoms with Gasteiger partial charge in [-0.2, -0.15) is 0 Å². The van der Waals surface area contributed by atoms with Gasteiger partial charge in [-0.25, -0.2) is 0 Å². The van der Waals surface area contributed by atoms with Crippen molar-refractivity contribution in [1.82, 2.24) is 10.3 Å². The van der Waals surface area contributed by atoms with Crippen molar-refractivity contribution in [2.75, 3.05) is 6.54 Å². The minimum atomic E-state index is 0.260. The van der Waals surface area contributed by atoms with Crippen molar-refractivity contribution in [3.63, 3.8) is 0 Å². The zero-order chi connectivity index (χ0) is 13.7. The van der Waals surface area contributed by atoms with Gasteiger partial charge in [-0.3, -0.25) is 4.98 Å². The Hall–Kier alpha value is -1.09. The van der Waals surface area contributed by atoms with Gasteiger partial charge >= 0.3 is 0 Å². The normalized spacial score (nSPS) is 16.4. The lowest BCUT2D eigenvalue weighted by molar-refractivity contribution is 0.204. The molecule has 1 unspecified atom stereocenters. The minimum Gasteiger partial charge on any atom is -0.489 e. The van der Waals surface area contributed by atoms with Gasteiger partial charge in [-0.15, -0.1) is 0 Å². The van der Waals surface area contributed by atoms with Gasteiger partial charge in [-0.05, 0) is 64.6 Å². The standard InChI is InChI=1S/C16H26N2O/c1-4-15-16(10-7-12(2)18-15)19-13(3)6-5-11-17-14-8-9-14/h7,10,13-14,17H,4-6,8-9,11H2,1-3H3. The van der Waals surface area contributed by atoms with Gasteiger partial charge < -0.3 is 10.1 Å². The topological polar surface area (TPSA) is 34.1 Å². The highest BCUT2D eigenvalue weighted by Crippen LogP contribution is 2.21. The predicted molar refractivity (Wildman–Crippen MR) is 78.7 cm³/mol. The number of ether oxygens (including phenoxy) is 1. The van der Waals surface area contributed by atoms with Crippen LogP contribution < -0.4 is 10.1 Å². The molecule has 0 bridgehead atoms. The average Bonchev–Trinajstić information content (AvgIpc) is 3.21. The van der Waals surface area contributed by atoms with Gasteiger partial charge in [0.2, 0.25) is 0 Å². The number of aryl methyl sites for hydroxylation is 2. The monoisotopic (exact) mass is 262 g/mol. The zero-order valence-corrected chi connectivity index (χ0v) is 12.4. The summed E-state index contributed by atoms with van der Waals surface area (Å²) in [5, 5.41) is 3.54. The van der Waals surface area contributed by atoms with E-state index in [4.69, 9.17) is 4.74 Å². The van der Waals surface area contributed by atoms with Crippen LogP contribution in [0.3, 0.4) is 0 Å². The molecule has 1 N–H and O–H groups in total. The predicted octanol–water partition coefficient (Wildman–Crippen LogP) is 3.25. The molecule has 106 valence electrons. The van der Waals surface area contributed by atoms with E-state index in [1.807, 2.05) is 13.0 Å². The highest BCUT2D eigenvalue weighted by atomic mass is 16.5. The molecule has 0 saturated heterocycles. The molecule has 1 aliphatic carbocycles. The molecule has 3 heteroatoms. The quantitative estimate of drug-likeness (QED) is 0.730. The first-order valence-corrected chi connectivity index (χ1v) is 7.55. The average molecular weight is 262 g/mol. The Morgan fingerprint density at radius 1 is 1.42 bits per heavy atom.